The lowest BCUT2D eigenvalue weighted by Crippen LogP contribution is -2.15. The highest BCUT2D eigenvalue weighted by atomic mass is 16.5. The van der Waals surface area contributed by atoms with E-state index < -0.39 is 0 Å². The molecule has 17 heavy (non-hydrogen) atoms. The van der Waals surface area contributed by atoms with Crippen molar-refractivity contribution in [1.82, 2.24) is 0 Å². The van der Waals surface area contributed by atoms with Crippen molar-refractivity contribution in [3.05, 3.63) is 29.8 Å². The minimum atomic E-state index is 0.259. The van der Waals surface area contributed by atoms with Crippen LogP contribution in [0.3, 0.4) is 0 Å². The third-order valence-corrected chi connectivity index (χ3v) is 3.75. The number of ether oxygens (including phenoxy) is 1. The van der Waals surface area contributed by atoms with Crippen LogP contribution in [0, 0.1) is 5.92 Å². The van der Waals surface area contributed by atoms with Crippen molar-refractivity contribution in [2.75, 3.05) is 6.61 Å². The lowest BCUT2D eigenvalue weighted by molar-refractivity contribution is 0.256. The second-order valence-electron chi connectivity index (χ2n) is 5.59. The summed E-state index contributed by atoms with van der Waals surface area (Å²) in [5.74, 6) is 1.61. The van der Waals surface area contributed by atoms with Gasteiger partial charge in [-0.2, -0.15) is 0 Å². The first kappa shape index (κ1) is 14.1. The van der Waals surface area contributed by atoms with Gasteiger partial charge in [0.2, 0.25) is 0 Å². The number of hydrogen-bond acceptors (Lipinski definition) is 1. The Balaban J connectivity index is 2.62. The average Bonchev–Trinajstić information content (AvgIpc) is 2.36. The fourth-order valence-corrected chi connectivity index (χ4v) is 1.56. The van der Waals surface area contributed by atoms with Crippen molar-refractivity contribution in [2.45, 2.75) is 52.9 Å². The van der Waals surface area contributed by atoms with Crippen LogP contribution in [0.15, 0.2) is 24.3 Å². The number of benzene rings is 1. The third-order valence-electron chi connectivity index (χ3n) is 3.75. The molecule has 0 aromatic heterocycles. The van der Waals surface area contributed by atoms with Crippen LogP contribution in [0.1, 0.15) is 53.0 Å². The minimum Gasteiger partial charge on any atom is -0.493 e. The Kier molecular flexibility index (Phi) is 5.04. The summed E-state index contributed by atoms with van der Waals surface area (Å²) in [7, 11) is 0. The summed E-state index contributed by atoms with van der Waals surface area (Å²) in [6, 6.07) is 8.56. The fourth-order valence-electron chi connectivity index (χ4n) is 1.56. The van der Waals surface area contributed by atoms with E-state index in [0.29, 0.717) is 5.92 Å². The number of hydrogen-bond donors (Lipinski definition) is 0. The molecule has 0 fully saturated rings. The van der Waals surface area contributed by atoms with E-state index in [-0.39, 0.29) is 5.41 Å². The predicted octanol–water partition coefficient (Wildman–Crippen LogP) is 4.80. The highest BCUT2D eigenvalue weighted by Gasteiger charge is 2.17. The third kappa shape index (κ3) is 4.07. The molecular weight excluding hydrogens is 208 g/mol. The fraction of sp³-hybridized carbons (Fsp3) is 0.625. The summed E-state index contributed by atoms with van der Waals surface area (Å²) in [4.78, 5) is 0. The highest BCUT2D eigenvalue weighted by Crippen LogP contribution is 2.28. The van der Waals surface area contributed by atoms with Crippen molar-refractivity contribution < 1.29 is 4.74 Å². The zero-order valence-electron chi connectivity index (χ0n) is 11.9. The lowest BCUT2D eigenvalue weighted by atomic mass is 9.82. The first-order valence-corrected chi connectivity index (χ1v) is 6.73. The van der Waals surface area contributed by atoms with E-state index in [0.717, 1.165) is 18.8 Å². The molecule has 0 aliphatic carbocycles. The number of rotatable bonds is 6. The summed E-state index contributed by atoms with van der Waals surface area (Å²) in [6.07, 6.45) is 2.32. The van der Waals surface area contributed by atoms with Gasteiger partial charge in [0.25, 0.3) is 0 Å². The molecule has 0 amide bonds. The second-order valence-corrected chi connectivity index (χ2v) is 5.59. The minimum absolute atomic E-state index is 0.259. The Morgan fingerprint density at radius 1 is 1.12 bits per heavy atom. The molecule has 0 aliphatic heterocycles. The lowest BCUT2D eigenvalue weighted by Gasteiger charge is -2.23. The maximum absolute atomic E-state index is 5.76. The van der Waals surface area contributed by atoms with Gasteiger partial charge < -0.3 is 4.74 Å². The molecule has 1 aromatic rings. The quantitative estimate of drug-likeness (QED) is 0.687. The van der Waals surface area contributed by atoms with Crippen LogP contribution in [0.5, 0.6) is 5.75 Å². The molecule has 0 heterocycles. The van der Waals surface area contributed by atoms with Gasteiger partial charge in [0.1, 0.15) is 5.75 Å². The van der Waals surface area contributed by atoms with Gasteiger partial charge in [-0.05, 0) is 35.4 Å². The standard InChI is InChI=1S/C16H26O/c1-6-13(3)12-17-15-10-8-14(9-11-15)16(4,5)7-2/h8-11,13H,6-7,12H2,1-5H3. The van der Waals surface area contributed by atoms with Crippen LogP contribution in [0.25, 0.3) is 0 Å². The van der Waals surface area contributed by atoms with Gasteiger partial charge in [-0.3, -0.25) is 0 Å². The van der Waals surface area contributed by atoms with Crippen molar-refractivity contribution >= 4 is 0 Å². The van der Waals surface area contributed by atoms with Gasteiger partial charge in [0, 0.05) is 0 Å². The molecule has 1 atom stereocenters. The molecule has 1 nitrogen and oxygen atoms in total. The molecule has 0 spiro atoms. The van der Waals surface area contributed by atoms with Gasteiger partial charge in [-0.25, -0.2) is 0 Å². The van der Waals surface area contributed by atoms with E-state index in [1.807, 2.05) is 0 Å². The van der Waals surface area contributed by atoms with Crippen molar-refractivity contribution in [3.8, 4) is 5.75 Å². The van der Waals surface area contributed by atoms with Crippen LogP contribution in [0.2, 0.25) is 0 Å². The second kappa shape index (κ2) is 6.09. The topological polar surface area (TPSA) is 9.23 Å². The van der Waals surface area contributed by atoms with E-state index in [1.165, 1.54) is 12.0 Å². The van der Waals surface area contributed by atoms with Crippen LogP contribution in [-0.4, -0.2) is 6.61 Å². The van der Waals surface area contributed by atoms with Crippen molar-refractivity contribution in [3.63, 3.8) is 0 Å². The van der Waals surface area contributed by atoms with E-state index >= 15 is 0 Å². The molecule has 0 saturated heterocycles. The maximum atomic E-state index is 5.76. The summed E-state index contributed by atoms with van der Waals surface area (Å²) in [6.45, 7) is 12.0. The zero-order chi connectivity index (χ0) is 12.9. The van der Waals surface area contributed by atoms with Gasteiger partial charge >= 0.3 is 0 Å². The van der Waals surface area contributed by atoms with E-state index in [2.05, 4.69) is 58.9 Å². The molecule has 96 valence electrons. The Bertz CT molecular complexity index is 324. The predicted molar refractivity (Wildman–Crippen MR) is 74.7 cm³/mol. The van der Waals surface area contributed by atoms with E-state index in [9.17, 15) is 0 Å². The smallest absolute Gasteiger partial charge is 0.119 e. The summed E-state index contributed by atoms with van der Waals surface area (Å²) < 4.78 is 5.76. The van der Waals surface area contributed by atoms with Crippen LogP contribution >= 0.6 is 0 Å². The SMILES string of the molecule is CCC(C)COc1ccc(C(C)(C)CC)cc1. The van der Waals surface area contributed by atoms with Crippen LogP contribution in [0.4, 0.5) is 0 Å². The van der Waals surface area contributed by atoms with Gasteiger partial charge in [0.15, 0.2) is 0 Å². The normalized spacial score (nSPS) is 13.5. The van der Waals surface area contributed by atoms with E-state index in [4.69, 9.17) is 4.74 Å². The largest absolute Gasteiger partial charge is 0.493 e. The Morgan fingerprint density at radius 3 is 2.18 bits per heavy atom. The van der Waals surface area contributed by atoms with Gasteiger partial charge in [0.05, 0.1) is 6.61 Å². The van der Waals surface area contributed by atoms with Crippen molar-refractivity contribution in [1.29, 1.82) is 0 Å². The zero-order valence-corrected chi connectivity index (χ0v) is 11.9. The van der Waals surface area contributed by atoms with Crippen LogP contribution < -0.4 is 4.74 Å². The molecular formula is C16H26O. The molecule has 0 N–H and O–H groups in total. The molecule has 0 radical (unpaired) electrons. The van der Waals surface area contributed by atoms with Gasteiger partial charge in [-0.15, -0.1) is 0 Å². The Labute approximate surface area is 106 Å². The van der Waals surface area contributed by atoms with E-state index in [1.54, 1.807) is 0 Å². The monoisotopic (exact) mass is 234 g/mol. The van der Waals surface area contributed by atoms with Crippen LogP contribution in [-0.2, 0) is 5.41 Å². The maximum Gasteiger partial charge on any atom is 0.119 e. The first-order chi connectivity index (χ1) is 7.99. The molecule has 0 saturated carbocycles. The molecule has 1 aromatic carbocycles. The summed E-state index contributed by atoms with van der Waals surface area (Å²) >= 11 is 0. The average molecular weight is 234 g/mol. The Hall–Kier alpha value is -0.980. The highest BCUT2D eigenvalue weighted by molar-refractivity contribution is 5.31. The molecule has 0 bridgehead atoms. The molecule has 0 aliphatic rings. The Morgan fingerprint density at radius 2 is 1.71 bits per heavy atom. The van der Waals surface area contributed by atoms with Gasteiger partial charge in [-0.1, -0.05) is 53.2 Å². The molecule has 1 heteroatoms. The molecule has 1 unspecified atom stereocenters. The van der Waals surface area contributed by atoms with Crippen molar-refractivity contribution in [2.24, 2.45) is 5.92 Å². The molecule has 1 rings (SSSR count). The summed E-state index contributed by atoms with van der Waals surface area (Å²) in [5, 5.41) is 0. The first-order valence-electron chi connectivity index (χ1n) is 6.73. The summed E-state index contributed by atoms with van der Waals surface area (Å²) in [5.41, 5.74) is 1.64.